The average Bonchev–Trinajstić information content (AvgIpc) is 3.29. The molecule has 0 fully saturated rings. The first-order valence-electron chi connectivity index (χ1n) is 19.0. The zero-order valence-electron chi connectivity index (χ0n) is 33.7. The first-order chi connectivity index (χ1) is 31.4. The van der Waals surface area contributed by atoms with Gasteiger partial charge in [0, 0.05) is 22.7 Å². The Morgan fingerprint density at radius 2 is 0.515 bits per heavy atom. The molecule has 7 aromatic carbocycles. The second-order valence-electron chi connectivity index (χ2n) is 13.5. The minimum Gasteiger partial charge on any atom is -0.379 e. The standard InChI is InChI=1S/C44H34N4O14S4/c49-43(45-31-14-22-35(23-15-31)59-63(51,52)39-8-3-1-4-9-39)47-33-18-26-37(27-19-33)61-65(55,56)41-12-7-13-42(30-41)66(57,58)62-38-28-20-34(21-29-38)48-44(50)46-32-16-24-36(25-17-32)60-64(53,54)40-10-5-2-6-11-40/h1-30H,(H2,45,47,49)(H2,46,48,50). The first-order valence-corrected chi connectivity index (χ1v) is 24.6. The number of hydrogen-bond acceptors (Lipinski definition) is 14. The van der Waals surface area contributed by atoms with Crippen molar-refractivity contribution in [3.05, 3.63) is 182 Å². The molecule has 66 heavy (non-hydrogen) atoms. The molecule has 338 valence electrons. The minimum absolute atomic E-state index is 0.0211. The number of benzene rings is 7. The minimum atomic E-state index is -4.58. The van der Waals surface area contributed by atoms with Gasteiger partial charge in [0.2, 0.25) is 0 Å². The van der Waals surface area contributed by atoms with E-state index in [4.69, 9.17) is 16.7 Å². The average molecular weight is 971 g/mol. The predicted molar refractivity (Wildman–Crippen MR) is 242 cm³/mol. The van der Waals surface area contributed by atoms with Gasteiger partial charge in [-0.2, -0.15) is 33.7 Å². The Morgan fingerprint density at radius 3 is 0.773 bits per heavy atom. The molecule has 0 radical (unpaired) electrons. The largest absolute Gasteiger partial charge is 0.379 e. The van der Waals surface area contributed by atoms with Gasteiger partial charge < -0.3 is 38.0 Å². The normalized spacial score (nSPS) is 11.6. The summed E-state index contributed by atoms with van der Waals surface area (Å²) < 4.78 is 123. The molecule has 0 spiro atoms. The van der Waals surface area contributed by atoms with Crippen molar-refractivity contribution in [2.24, 2.45) is 0 Å². The lowest BCUT2D eigenvalue weighted by Gasteiger charge is -2.12. The van der Waals surface area contributed by atoms with E-state index in [1.807, 2.05) is 0 Å². The summed E-state index contributed by atoms with van der Waals surface area (Å²) in [6, 6.07) is 39.7. The second kappa shape index (κ2) is 19.4. The Labute approximate surface area is 379 Å². The molecule has 0 bridgehead atoms. The van der Waals surface area contributed by atoms with Crippen LogP contribution in [-0.4, -0.2) is 45.7 Å². The highest BCUT2D eigenvalue weighted by Crippen LogP contribution is 2.27. The molecule has 0 aromatic heterocycles. The Hall–Kier alpha value is -7.92. The summed E-state index contributed by atoms with van der Waals surface area (Å²) in [5.74, 6) is -0.268. The summed E-state index contributed by atoms with van der Waals surface area (Å²) in [4.78, 5) is 24.2. The number of nitrogens with one attached hydrogen (secondary N) is 4. The van der Waals surface area contributed by atoms with Crippen LogP contribution in [0.4, 0.5) is 32.3 Å². The SMILES string of the molecule is O=C(Nc1ccc(OS(=O)(=O)c2ccccc2)cc1)Nc1ccc(OS(=O)(=O)c2cccc(S(=O)(=O)Oc3ccc(NC(=O)Nc4ccc(OS(=O)(=O)c5ccccc5)cc4)cc3)c2)cc1. The number of anilines is 4. The summed E-state index contributed by atoms with van der Waals surface area (Å²) in [5.41, 5.74) is 1.11. The summed E-state index contributed by atoms with van der Waals surface area (Å²) in [6.07, 6.45) is 0. The molecule has 0 unspecified atom stereocenters. The topological polar surface area (TPSA) is 256 Å². The number of urea groups is 2. The van der Waals surface area contributed by atoms with Gasteiger partial charge in [0.1, 0.15) is 42.6 Å². The monoisotopic (exact) mass is 970 g/mol. The fraction of sp³-hybridized carbons (Fsp3) is 0. The van der Waals surface area contributed by atoms with E-state index < -0.39 is 62.3 Å². The molecule has 18 nitrogen and oxygen atoms in total. The number of amides is 4. The maximum absolute atomic E-state index is 13.2. The van der Waals surface area contributed by atoms with Crippen LogP contribution in [0.25, 0.3) is 0 Å². The van der Waals surface area contributed by atoms with Gasteiger partial charge >= 0.3 is 52.5 Å². The Morgan fingerprint density at radius 1 is 0.288 bits per heavy atom. The van der Waals surface area contributed by atoms with Crippen LogP contribution in [0.5, 0.6) is 23.0 Å². The highest BCUT2D eigenvalue weighted by atomic mass is 32.2. The van der Waals surface area contributed by atoms with Crippen LogP contribution in [0.2, 0.25) is 0 Å². The lowest BCUT2D eigenvalue weighted by atomic mass is 10.3. The van der Waals surface area contributed by atoms with Gasteiger partial charge in [0.15, 0.2) is 0 Å². The van der Waals surface area contributed by atoms with E-state index in [1.165, 1.54) is 127 Å². The van der Waals surface area contributed by atoms with Gasteiger partial charge in [0.05, 0.1) is 0 Å². The summed E-state index contributed by atoms with van der Waals surface area (Å²) in [6.45, 7) is 0. The molecule has 0 aliphatic heterocycles. The Kier molecular flexibility index (Phi) is 13.6. The number of rotatable bonds is 16. The zero-order valence-corrected chi connectivity index (χ0v) is 36.9. The molecule has 22 heteroatoms. The summed E-state index contributed by atoms with van der Waals surface area (Å²) in [7, 11) is -17.3. The third-order valence-corrected chi connectivity index (χ3v) is 13.7. The van der Waals surface area contributed by atoms with Crippen molar-refractivity contribution in [1.82, 2.24) is 0 Å². The fourth-order valence-electron chi connectivity index (χ4n) is 5.62. The lowest BCUT2D eigenvalue weighted by Crippen LogP contribution is -2.19. The van der Waals surface area contributed by atoms with Crippen molar-refractivity contribution in [2.45, 2.75) is 19.6 Å². The van der Waals surface area contributed by atoms with Crippen LogP contribution in [0.3, 0.4) is 0 Å². The molecule has 4 N–H and O–H groups in total. The first kappa shape index (κ1) is 46.1. The van der Waals surface area contributed by atoms with Crippen molar-refractivity contribution in [1.29, 1.82) is 0 Å². The molecule has 0 aliphatic rings. The van der Waals surface area contributed by atoms with Crippen LogP contribution in [-0.2, 0) is 40.5 Å². The van der Waals surface area contributed by atoms with E-state index in [2.05, 4.69) is 21.3 Å². The van der Waals surface area contributed by atoms with E-state index >= 15 is 0 Å². The van der Waals surface area contributed by atoms with Gasteiger partial charge in [-0.3, -0.25) is 0 Å². The van der Waals surface area contributed by atoms with Crippen molar-refractivity contribution in [2.75, 3.05) is 21.3 Å². The van der Waals surface area contributed by atoms with Crippen molar-refractivity contribution < 1.29 is 60.0 Å². The van der Waals surface area contributed by atoms with Gasteiger partial charge in [0.25, 0.3) is 0 Å². The second-order valence-corrected chi connectivity index (χ2v) is 19.7. The van der Waals surface area contributed by atoms with Gasteiger partial charge in [-0.25, -0.2) is 9.59 Å². The number of carbonyl (C=O) groups excluding carboxylic acids is 2. The molecule has 0 aliphatic carbocycles. The van der Waals surface area contributed by atoms with Crippen LogP contribution in [0.1, 0.15) is 0 Å². The molecule has 0 atom stereocenters. The molecule has 0 heterocycles. The third-order valence-electron chi connectivity index (χ3n) is 8.72. The highest BCUT2D eigenvalue weighted by Gasteiger charge is 2.24. The number of carbonyl (C=O) groups is 2. The van der Waals surface area contributed by atoms with Gasteiger partial charge in [-0.1, -0.05) is 42.5 Å². The van der Waals surface area contributed by atoms with Crippen LogP contribution in [0, 0.1) is 0 Å². The zero-order chi connectivity index (χ0) is 47.0. The van der Waals surface area contributed by atoms with Crippen LogP contribution in [0.15, 0.2) is 202 Å². The van der Waals surface area contributed by atoms with Crippen molar-refractivity contribution in [3.8, 4) is 23.0 Å². The van der Waals surface area contributed by atoms with Crippen molar-refractivity contribution in [3.63, 3.8) is 0 Å². The predicted octanol–water partition coefficient (Wildman–Crippen LogP) is 8.05. The third kappa shape index (κ3) is 12.2. The Bertz CT molecular complexity index is 3090. The molecule has 7 aromatic rings. The quantitative estimate of drug-likeness (QED) is 0.0669. The van der Waals surface area contributed by atoms with Crippen LogP contribution < -0.4 is 38.0 Å². The van der Waals surface area contributed by atoms with Gasteiger partial charge in [-0.05, 0) is 140 Å². The maximum atomic E-state index is 13.2. The summed E-state index contributed by atoms with van der Waals surface area (Å²) >= 11 is 0. The van der Waals surface area contributed by atoms with E-state index in [9.17, 15) is 43.3 Å². The summed E-state index contributed by atoms with van der Waals surface area (Å²) in [5, 5.41) is 10.3. The van der Waals surface area contributed by atoms with E-state index in [1.54, 1.807) is 36.4 Å². The molecular weight excluding hydrogens is 937 g/mol. The molecule has 7 rings (SSSR count). The molecule has 0 saturated heterocycles. The van der Waals surface area contributed by atoms with E-state index in [0.717, 1.165) is 18.2 Å². The Balaban J connectivity index is 0.886. The molecule has 4 amide bonds. The van der Waals surface area contributed by atoms with E-state index in [-0.39, 0.29) is 44.2 Å². The van der Waals surface area contributed by atoms with E-state index in [0.29, 0.717) is 11.4 Å². The smallest absolute Gasteiger partial charge is 0.339 e. The fourth-order valence-corrected chi connectivity index (χ4v) is 9.55. The maximum Gasteiger partial charge on any atom is 0.339 e. The highest BCUT2D eigenvalue weighted by molar-refractivity contribution is 7.88. The molecule has 0 saturated carbocycles. The van der Waals surface area contributed by atoms with Crippen molar-refractivity contribution >= 4 is 75.3 Å². The molecular formula is C44H34N4O14S4. The van der Waals surface area contributed by atoms with Gasteiger partial charge in [-0.15, -0.1) is 0 Å². The van der Waals surface area contributed by atoms with Crippen LogP contribution >= 0.6 is 0 Å². The lowest BCUT2D eigenvalue weighted by molar-refractivity contribution is 0.261. The number of hydrogen-bond donors (Lipinski definition) is 4.